The fourth-order valence-corrected chi connectivity index (χ4v) is 2.99. The number of aromatic nitrogens is 3. The summed E-state index contributed by atoms with van der Waals surface area (Å²) in [6.07, 6.45) is 6.80. The third-order valence-corrected chi connectivity index (χ3v) is 4.20. The minimum absolute atomic E-state index is 0.0128. The molecule has 0 saturated carbocycles. The maximum atomic E-state index is 13.1. The van der Waals surface area contributed by atoms with Crippen LogP contribution in [0.25, 0.3) is 0 Å². The first kappa shape index (κ1) is 14.4. The van der Waals surface area contributed by atoms with Gasteiger partial charge < -0.3 is 14.8 Å². The van der Waals surface area contributed by atoms with Crippen molar-refractivity contribution in [3.8, 4) is 0 Å². The summed E-state index contributed by atoms with van der Waals surface area (Å²) in [6, 6.07) is 11.4. The summed E-state index contributed by atoms with van der Waals surface area (Å²) in [4.78, 5) is 23.4. The molecule has 6 heteroatoms. The molecule has 1 aliphatic rings. The normalized spacial score (nSPS) is 16.6. The molecule has 0 radical (unpaired) electrons. The number of para-hydroxylation sites is 1. The molecule has 0 saturated heterocycles. The molecule has 0 fully saturated rings. The Morgan fingerprint density at radius 1 is 1.17 bits per heavy atom. The van der Waals surface area contributed by atoms with Gasteiger partial charge in [0, 0.05) is 44.1 Å². The largest absolute Gasteiger partial charge is 0.358 e. The van der Waals surface area contributed by atoms with Crippen LogP contribution in [-0.2, 0) is 13.6 Å². The highest BCUT2D eigenvalue weighted by atomic mass is 16.2. The average molecular weight is 319 g/mol. The van der Waals surface area contributed by atoms with Crippen LogP contribution < -0.4 is 5.32 Å². The number of carbonyl (C=O) groups excluding carboxylic acids is 1. The number of carbonyl (C=O) groups is 1. The third-order valence-electron chi connectivity index (χ3n) is 4.20. The van der Waals surface area contributed by atoms with Crippen LogP contribution in [0.15, 0.2) is 61.2 Å². The number of hydrogen-bond donors (Lipinski definition) is 1. The molecule has 120 valence electrons. The fraction of sp³-hybridized carbons (Fsp3) is 0.167. The molecule has 1 N–H and O–H groups in total. The van der Waals surface area contributed by atoms with Gasteiger partial charge in [-0.15, -0.1) is 0 Å². The van der Waals surface area contributed by atoms with Crippen molar-refractivity contribution in [1.82, 2.24) is 19.4 Å². The van der Waals surface area contributed by atoms with Gasteiger partial charge >= 0.3 is 0 Å². The van der Waals surface area contributed by atoms with E-state index in [2.05, 4.69) is 15.3 Å². The lowest BCUT2D eigenvalue weighted by Gasteiger charge is -2.37. The monoisotopic (exact) mass is 319 g/mol. The molecule has 6 nitrogen and oxygen atoms in total. The Morgan fingerprint density at radius 2 is 2.04 bits per heavy atom. The summed E-state index contributed by atoms with van der Waals surface area (Å²) in [5.74, 6) is 0.781. The zero-order valence-corrected chi connectivity index (χ0v) is 13.3. The Labute approximate surface area is 139 Å². The van der Waals surface area contributed by atoms with Gasteiger partial charge in [-0.25, -0.2) is 4.98 Å². The number of rotatable bonds is 3. The van der Waals surface area contributed by atoms with Gasteiger partial charge in [0.25, 0.3) is 5.91 Å². The Kier molecular flexibility index (Phi) is 3.49. The van der Waals surface area contributed by atoms with E-state index in [9.17, 15) is 4.79 Å². The Balaban J connectivity index is 1.77. The predicted molar refractivity (Wildman–Crippen MR) is 90.1 cm³/mol. The van der Waals surface area contributed by atoms with Crippen LogP contribution in [0.5, 0.6) is 0 Å². The highest BCUT2D eigenvalue weighted by Crippen LogP contribution is 2.33. The lowest BCUT2D eigenvalue weighted by molar-refractivity contribution is 0.0656. The van der Waals surface area contributed by atoms with Gasteiger partial charge in [-0.3, -0.25) is 9.78 Å². The minimum atomic E-state index is -0.326. The highest BCUT2D eigenvalue weighted by Gasteiger charge is 2.34. The number of pyridine rings is 1. The number of hydrogen-bond acceptors (Lipinski definition) is 4. The minimum Gasteiger partial charge on any atom is -0.358 e. The lowest BCUT2D eigenvalue weighted by atomic mass is 10.1. The van der Waals surface area contributed by atoms with Crippen molar-refractivity contribution in [2.45, 2.75) is 12.7 Å². The molecule has 1 amide bonds. The fourth-order valence-electron chi connectivity index (χ4n) is 2.99. The van der Waals surface area contributed by atoms with Crippen molar-refractivity contribution < 1.29 is 4.79 Å². The summed E-state index contributed by atoms with van der Waals surface area (Å²) in [5.41, 5.74) is 2.48. The van der Waals surface area contributed by atoms with Gasteiger partial charge in [0.05, 0.1) is 5.56 Å². The molecule has 1 aliphatic heterocycles. The van der Waals surface area contributed by atoms with E-state index in [1.807, 2.05) is 54.2 Å². The topological polar surface area (TPSA) is 63.1 Å². The number of amides is 1. The van der Waals surface area contributed by atoms with Crippen LogP contribution in [0.4, 0.5) is 5.69 Å². The molecule has 3 aromatic rings. The summed E-state index contributed by atoms with van der Waals surface area (Å²) in [6.45, 7) is 0.464. The van der Waals surface area contributed by atoms with Crippen molar-refractivity contribution in [1.29, 1.82) is 0 Å². The Hall–Kier alpha value is -3.15. The SMILES string of the molecule is Cn1ccnc1C1Nc2ccccc2C(=O)N1Cc1cccnc1. The first-order valence-electron chi connectivity index (χ1n) is 7.76. The summed E-state index contributed by atoms with van der Waals surface area (Å²) < 4.78 is 1.93. The number of imidazole rings is 1. The Bertz CT molecular complexity index is 874. The maximum absolute atomic E-state index is 13.1. The molecule has 0 bridgehead atoms. The molecule has 24 heavy (non-hydrogen) atoms. The molecule has 2 aromatic heterocycles. The van der Waals surface area contributed by atoms with Gasteiger partial charge in [0.15, 0.2) is 12.0 Å². The Morgan fingerprint density at radius 3 is 2.79 bits per heavy atom. The van der Waals surface area contributed by atoms with Gasteiger partial charge in [0.1, 0.15) is 0 Å². The standard InChI is InChI=1S/C18H17N5O/c1-22-10-9-20-16(22)17-21-15-7-3-2-6-14(15)18(24)23(17)12-13-5-4-8-19-11-13/h2-11,17,21H,12H2,1H3. The quantitative estimate of drug-likeness (QED) is 0.806. The summed E-state index contributed by atoms with van der Waals surface area (Å²) in [5, 5.41) is 3.44. The number of fused-ring (bicyclic) bond motifs is 1. The van der Waals surface area contributed by atoms with E-state index in [1.165, 1.54) is 0 Å². The molecule has 1 aromatic carbocycles. The van der Waals surface area contributed by atoms with Crippen LogP contribution in [0, 0.1) is 0 Å². The molecular formula is C18H17N5O. The van der Waals surface area contributed by atoms with E-state index in [1.54, 1.807) is 23.5 Å². The second-order valence-corrected chi connectivity index (χ2v) is 5.78. The van der Waals surface area contributed by atoms with Crippen LogP contribution in [0.2, 0.25) is 0 Å². The van der Waals surface area contributed by atoms with Gasteiger partial charge in [-0.1, -0.05) is 18.2 Å². The number of anilines is 1. The van der Waals surface area contributed by atoms with Crippen LogP contribution >= 0.6 is 0 Å². The molecule has 1 atom stereocenters. The van der Waals surface area contributed by atoms with Crippen LogP contribution in [0.3, 0.4) is 0 Å². The number of benzene rings is 1. The van der Waals surface area contributed by atoms with Crippen molar-refractivity contribution in [3.63, 3.8) is 0 Å². The first-order chi connectivity index (χ1) is 11.7. The molecule has 1 unspecified atom stereocenters. The van der Waals surface area contributed by atoms with E-state index >= 15 is 0 Å². The highest BCUT2D eigenvalue weighted by molar-refractivity contribution is 6.01. The first-order valence-corrected chi connectivity index (χ1v) is 7.76. The second kappa shape index (κ2) is 5.81. The number of nitrogens with zero attached hydrogens (tertiary/aromatic N) is 4. The molecule has 0 aliphatic carbocycles. The van der Waals surface area contributed by atoms with Crippen molar-refractivity contribution in [2.24, 2.45) is 7.05 Å². The lowest BCUT2D eigenvalue weighted by Crippen LogP contribution is -2.43. The van der Waals surface area contributed by atoms with E-state index < -0.39 is 0 Å². The van der Waals surface area contributed by atoms with Crippen LogP contribution in [0.1, 0.15) is 27.9 Å². The zero-order valence-electron chi connectivity index (χ0n) is 13.3. The van der Waals surface area contributed by atoms with Crippen molar-refractivity contribution >= 4 is 11.6 Å². The smallest absolute Gasteiger partial charge is 0.258 e. The van der Waals surface area contributed by atoms with E-state index in [0.29, 0.717) is 12.1 Å². The van der Waals surface area contributed by atoms with Crippen molar-refractivity contribution in [2.75, 3.05) is 5.32 Å². The molecule has 4 rings (SSSR count). The third kappa shape index (κ3) is 2.42. The number of nitrogens with one attached hydrogen (secondary N) is 1. The van der Waals surface area contributed by atoms with Crippen molar-refractivity contribution in [3.05, 3.63) is 78.1 Å². The van der Waals surface area contributed by atoms with Gasteiger partial charge in [0.2, 0.25) is 0 Å². The summed E-state index contributed by atoms with van der Waals surface area (Å²) in [7, 11) is 1.93. The van der Waals surface area contributed by atoms with E-state index in [4.69, 9.17) is 0 Å². The molecular weight excluding hydrogens is 302 g/mol. The van der Waals surface area contributed by atoms with Gasteiger partial charge in [-0.2, -0.15) is 0 Å². The molecule has 0 spiro atoms. The van der Waals surface area contributed by atoms with Gasteiger partial charge in [-0.05, 0) is 23.8 Å². The zero-order chi connectivity index (χ0) is 16.5. The predicted octanol–water partition coefficient (Wildman–Crippen LogP) is 2.58. The molecule has 3 heterocycles. The maximum Gasteiger partial charge on any atom is 0.258 e. The summed E-state index contributed by atoms with van der Waals surface area (Å²) >= 11 is 0. The van der Waals surface area contributed by atoms with Crippen LogP contribution in [-0.4, -0.2) is 25.3 Å². The van der Waals surface area contributed by atoms with E-state index in [-0.39, 0.29) is 12.1 Å². The van der Waals surface area contributed by atoms with E-state index in [0.717, 1.165) is 17.1 Å². The number of aryl methyl sites for hydroxylation is 1. The average Bonchev–Trinajstić information content (AvgIpc) is 3.04. The second-order valence-electron chi connectivity index (χ2n) is 5.78.